The van der Waals surface area contributed by atoms with Crippen LogP contribution in [0.3, 0.4) is 0 Å². The number of amides is 1. The lowest BCUT2D eigenvalue weighted by atomic mass is 10.1. The second-order valence-electron chi connectivity index (χ2n) is 6.11. The molecule has 0 bridgehead atoms. The maximum Gasteiger partial charge on any atom is 0.251 e. The quantitative estimate of drug-likeness (QED) is 0.879. The molecule has 1 aromatic heterocycles. The molecule has 0 spiro atoms. The lowest BCUT2D eigenvalue weighted by Crippen LogP contribution is -2.26. The predicted molar refractivity (Wildman–Crippen MR) is 90.2 cm³/mol. The molecule has 2 heterocycles. The Balaban J connectivity index is 1.53. The molecule has 0 radical (unpaired) electrons. The Bertz CT molecular complexity index is 671. The van der Waals surface area contributed by atoms with E-state index in [1.807, 2.05) is 38.1 Å². The van der Waals surface area contributed by atoms with Gasteiger partial charge in [0.2, 0.25) is 0 Å². The van der Waals surface area contributed by atoms with E-state index in [-0.39, 0.29) is 18.1 Å². The van der Waals surface area contributed by atoms with Gasteiger partial charge in [-0.3, -0.25) is 4.79 Å². The minimum absolute atomic E-state index is 0.137. The number of carbonyl (C=O) groups excluding carboxylic acids is 1. The van der Waals surface area contributed by atoms with Crippen LogP contribution in [0.5, 0.6) is 5.75 Å². The van der Waals surface area contributed by atoms with Crippen LogP contribution < -0.4 is 10.1 Å². The van der Waals surface area contributed by atoms with Gasteiger partial charge in [0.1, 0.15) is 23.9 Å². The van der Waals surface area contributed by atoms with E-state index in [1.165, 1.54) is 0 Å². The number of nitrogens with one attached hydrogen (secondary N) is 1. The fourth-order valence-corrected chi connectivity index (χ4v) is 2.70. The van der Waals surface area contributed by atoms with E-state index in [1.54, 1.807) is 12.1 Å². The minimum atomic E-state index is -0.179. The monoisotopic (exact) mass is 329 g/mol. The van der Waals surface area contributed by atoms with Gasteiger partial charge in [0.25, 0.3) is 5.91 Å². The smallest absolute Gasteiger partial charge is 0.251 e. The molecule has 3 rings (SSSR count). The van der Waals surface area contributed by atoms with Crippen molar-refractivity contribution in [1.29, 1.82) is 0 Å². The van der Waals surface area contributed by atoms with Gasteiger partial charge >= 0.3 is 0 Å². The number of furan rings is 1. The van der Waals surface area contributed by atoms with Crippen molar-refractivity contribution in [2.24, 2.45) is 0 Å². The fourth-order valence-electron chi connectivity index (χ4n) is 2.70. The number of rotatable bonds is 6. The Morgan fingerprint density at radius 3 is 2.71 bits per heavy atom. The summed E-state index contributed by atoms with van der Waals surface area (Å²) in [6, 6.07) is 10.7. The Kier molecular flexibility index (Phi) is 5.20. The van der Waals surface area contributed by atoms with Gasteiger partial charge in [0.05, 0.1) is 12.1 Å². The van der Waals surface area contributed by atoms with Crippen LogP contribution >= 0.6 is 0 Å². The van der Waals surface area contributed by atoms with Gasteiger partial charge in [0.15, 0.2) is 0 Å². The summed E-state index contributed by atoms with van der Waals surface area (Å²) in [5.41, 5.74) is 0.592. The number of hydrogen-bond acceptors (Lipinski definition) is 4. The molecule has 0 saturated carbocycles. The summed E-state index contributed by atoms with van der Waals surface area (Å²) >= 11 is 0. The lowest BCUT2D eigenvalue weighted by Gasteiger charge is -2.13. The average Bonchev–Trinajstić information content (AvgIpc) is 3.25. The van der Waals surface area contributed by atoms with Crippen molar-refractivity contribution >= 4 is 5.91 Å². The molecule has 1 aliphatic heterocycles. The standard InChI is InChI=1S/C19H23NO4/c1-13-5-10-18(24-13)14(2)20-19(21)15-6-8-16(9-7-15)23-12-17-4-3-11-22-17/h5-10,14,17H,3-4,11-12H2,1-2H3,(H,20,21)/t14-,17-/m1/s1. The van der Waals surface area contributed by atoms with Crippen LogP contribution in [0.2, 0.25) is 0 Å². The van der Waals surface area contributed by atoms with Crippen molar-refractivity contribution < 1.29 is 18.7 Å². The maximum absolute atomic E-state index is 12.3. The third-order valence-electron chi connectivity index (χ3n) is 4.11. The van der Waals surface area contributed by atoms with Crippen molar-refractivity contribution in [3.63, 3.8) is 0 Å². The third kappa shape index (κ3) is 4.17. The molecule has 1 fully saturated rings. The van der Waals surface area contributed by atoms with Gasteiger partial charge in [0, 0.05) is 12.2 Å². The van der Waals surface area contributed by atoms with Crippen molar-refractivity contribution in [2.45, 2.75) is 38.8 Å². The SMILES string of the molecule is Cc1ccc([C@@H](C)NC(=O)c2ccc(OC[C@H]3CCCO3)cc2)o1. The first-order valence-corrected chi connectivity index (χ1v) is 8.33. The maximum atomic E-state index is 12.3. The highest BCUT2D eigenvalue weighted by Gasteiger charge is 2.17. The molecular formula is C19H23NO4. The Hall–Kier alpha value is -2.27. The number of ether oxygens (including phenoxy) is 2. The number of hydrogen-bond donors (Lipinski definition) is 1. The van der Waals surface area contributed by atoms with Crippen LogP contribution in [-0.4, -0.2) is 25.2 Å². The molecule has 128 valence electrons. The molecule has 1 amide bonds. The molecule has 1 N–H and O–H groups in total. The highest BCUT2D eigenvalue weighted by molar-refractivity contribution is 5.94. The van der Waals surface area contributed by atoms with Crippen LogP contribution in [0.1, 0.15) is 47.7 Å². The Morgan fingerprint density at radius 1 is 1.29 bits per heavy atom. The molecular weight excluding hydrogens is 306 g/mol. The molecule has 0 aliphatic carbocycles. The van der Waals surface area contributed by atoms with Gasteiger partial charge in [-0.15, -0.1) is 0 Å². The summed E-state index contributed by atoms with van der Waals surface area (Å²) in [4.78, 5) is 12.3. The van der Waals surface area contributed by atoms with Crippen molar-refractivity contribution in [3.05, 3.63) is 53.5 Å². The first-order valence-electron chi connectivity index (χ1n) is 8.33. The summed E-state index contributed by atoms with van der Waals surface area (Å²) in [7, 11) is 0. The molecule has 5 heteroatoms. The van der Waals surface area contributed by atoms with E-state index in [9.17, 15) is 4.79 Å². The molecule has 2 aromatic rings. The summed E-state index contributed by atoms with van der Waals surface area (Å²) in [6.45, 7) is 5.16. The number of carbonyl (C=O) groups is 1. The van der Waals surface area contributed by atoms with E-state index >= 15 is 0 Å². The van der Waals surface area contributed by atoms with Gasteiger partial charge in [-0.05, 0) is 63.1 Å². The first kappa shape index (κ1) is 16.6. The summed E-state index contributed by atoms with van der Waals surface area (Å²) in [6.07, 6.45) is 2.33. The molecule has 2 atom stereocenters. The van der Waals surface area contributed by atoms with E-state index < -0.39 is 0 Å². The molecule has 0 unspecified atom stereocenters. The van der Waals surface area contributed by atoms with Crippen molar-refractivity contribution in [2.75, 3.05) is 13.2 Å². The van der Waals surface area contributed by atoms with Crippen molar-refractivity contribution in [3.8, 4) is 5.75 Å². The third-order valence-corrected chi connectivity index (χ3v) is 4.11. The zero-order chi connectivity index (χ0) is 16.9. The number of aryl methyl sites for hydroxylation is 1. The summed E-state index contributed by atoms with van der Waals surface area (Å²) in [5.74, 6) is 2.19. The second-order valence-corrected chi connectivity index (χ2v) is 6.11. The van der Waals surface area contributed by atoms with Gasteiger partial charge in [-0.2, -0.15) is 0 Å². The van der Waals surface area contributed by atoms with Gasteiger partial charge in [-0.1, -0.05) is 0 Å². The second kappa shape index (κ2) is 7.53. The van der Waals surface area contributed by atoms with E-state index in [0.29, 0.717) is 12.2 Å². The number of benzene rings is 1. The van der Waals surface area contributed by atoms with Crippen LogP contribution in [0, 0.1) is 6.92 Å². The zero-order valence-corrected chi connectivity index (χ0v) is 14.1. The minimum Gasteiger partial charge on any atom is -0.491 e. The summed E-state index contributed by atoms with van der Waals surface area (Å²) < 4.78 is 16.8. The fraction of sp³-hybridized carbons (Fsp3) is 0.421. The van der Waals surface area contributed by atoms with Crippen molar-refractivity contribution in [1.82, 2.24) is 5.32 Å². The van der Waals surface area contributed by atoms with Crippen LogP contribution in [0.15, 0.2) is 40.8 Å². The van der Waals surface area contributed by atoms with E-state index in [0.717, 1.165) is 36.7 Å². The van der Waals surface area contributed by atoms with Crippen LogP contribution in [0.25, 0.3) is 0 Å². The Morgan fingerprint density at radius 2 is 2.08 bits per heavy atom. The topological polar surface area (TPSA) is 60.7 Å². The average molecular weight is 329 g/mol. The van der Waals surface area contributed by atoms with Crippen LogP contribution in [-0.2, 0) is 4.74 Å². The first-order chi connectivity index (χ1) is 11.6. The van der Waals surface area contributed by atoms with E-state index in [4.69, 9.17) is 13.9 Å². The molecule has 24 heavy (non-hydrogen) atoms. The predicted octanol–water partition coefficient (Wildman–Crippen LogP) is 3.64. The largest absolute Gasteiger partial charge is 0.491 e. The molecule has 1 aromatic carbocycles. The highest BCUT2D eigenvalue weighted by atomic mass is 16.5. The molecule has 1 aliphatic rings. The molecule has 1 saturated heterocycles. The lowest BCUT2D eigenvalue weighted by molar-refractivity contribution is 0.0679. The highest BCUT2D eigenvalue weighted by Crippen LogP contribution is 2.18. The van der Waals surface area contributed by atoms with E-state index in [2.05, 4.69) is 5.32 Å². The van der Waals surface area contributed by atoms with Gasteiger partial charge in [-0.25, -0.2) is 0 Å². The zero-order valence-electron chi connectivity index (χ0n) is 14.1. The normalized spacial score (nSPS) is 18.3. The molecule has 5 nitrogen and oxygen atoms in total. The van der Waals surface area contributed by atoms with Crippen LogP contribution in [0.4, 0.5) is 0 Å². The summed E-state index contributed by atoms with van der Waals surface area (Å²) in [5, 5.41) is 2.93. The Labute approximate surface area is 141 Å². The van der Waals surface area contributed by atoms with Gasteiger partial charge < -0.3 is 19.2 Å².